The quantitative estimate of drug-likeness (QED) is 0.876. The van der Waals surface area contributed by atoms with Gasteiger partial charge in [0.2, 0.25) is 0 Å². The Morgan fingerprint density at radius 2 is 2.41 bits per heavy atom. The normalized spacial score (nSPS) is 16.9. The van der Waals surface area contributed by atoms with E-state index in [0.717, 1.165) is 29.8 Å². The molecule has 0 saturated heterocycles. The summed E-state index contributed by atoms with van der Waals surface area (Å²) >= 11 is 1.41. The first-order valence-corrected chi connectivity index (χ1v) is 8.01. The molecule has 22 heavy (non-hydrogen) atoms. The van der Waals surface area contributed by atoms with Crippen molar-refractivity contribution in [1.82, 2.24) is 4.98 Å². The first kappa shape index (κ1) is 14.8. The second-order valence-corrected chi connectivity index (χ2v) is 6.04. The third-order valence-corrected chi connectivity index (χ3v) is 4.54. The third-order valence-electron chi connectivity index (χ3n) is 3.49. The first-order valence-electron chi connectivity index (χ1n) is 7.20. The average molecular weight is 320 g/mol. The Morgan fingerprint density at radius 3 is 3.14 bits per heavy atom. The van der Waals surface area contributed by atoms with Crippen LogP contribution in [0.15, 0.2) is 22.8 Å². The van der Waals surface area contributed by atoms with Gasteiger partial charge in [0.05, 0.1) is 18.6 Å². The number of thiazole rings is 1. The molecule has 0 bridgehead atoms. The molecule has 0 aliphatic heterocycles. The van der Waals surface area contributed by atoms with E-state index in [-0.39, 0.29) is 23.6 Å². The summed E-state index contributed by atoms with van der Waals surface area (Å²) in [6.45, 7) is 2.15. The number of carbonyl (C=O) groups excluding carboxylic acids is 2. The molecule has 1 aliphatic rings. The van der Waals surface area contributed by atoms with Gasteiger partial charge in [-0.1, -0.05) is 0 Å². The number of esters is 1. The van der Waals surface area contributed by atoms with Crippen molar-refractivity contribution in [3.63, 3.8) is 0 Å². The van der Waals surface area contributed by atoms with Gasteiger partial charge in [-0.3, -0.25) is 14.9 Å². The summed E-state index contributed by atoms with van der Waals surface area (Å²) in [6, 6.07) is 3.24. The number of fused-ring (bicyclic) bond motifs is 1. The molecule has 2 aromatic heterocycles. The van der Waals surface area contributed by atoms with Crippen LogP contribution >= 0.6 is 11.3 Å². The van der Waals surface area contributed by atoms with Crippen LogP contribution in [0.3, 0.4) is 0 Å². The van der Waals surface area contributed by atoms with Crippen LogP contribution in [0.4, 0.5) is 5.13 Å². The maximum atomic E-state index is 12.0. The Kier molecular flexibility index (Phi) is 4.24. The summed E-state index contributed by atoms with van der Waals surface area (Å²) in [6.07, 6.45) is 3.98. The molecule has 1 aliphatic carbocycles. The molecule has 3 rings (SSSR count). The summed E-state index contributed by atoms with van der Waals surface area (Å²) in [4.78, 5) is 29.5. The van der Waals surface area contributed by atoms with Gasteiger partial charge in [0.15, 0.2) is 10.9 Å². The molecule has 2 heterocycles. The van der Waals surface area contributed by atoms with Gasteiger partial charge in [-0.25, -0.2) is 4.98 Å². The molecule has 0 radical (unpaired) electrons. The maximum Gasteiger partial charge on any atom is 0.315 e. The summed E-state index contributed by atoms with van der Waals surface area (Å²) in [7, 11) is 0. The number of hydrogen-bond acceptors (Lipinski definition) is 6. The predicted molar refractivity (Wildman–Crippen MR) is 81.1 cm³/mol. The molecular weight excluding hydrogens is 304 g/mol. The van der Waals surface area contributed by atoms with E-state index >= 15 is 0 Å². The SMILES string of the molecule is CCOC(=O)C1CCCc2sc(NC(=O)c3ccco3)nc21. The molecule has 0 spiro atoms. The maximum absolute atomic E-state index is 12.0. The fraction of sp³-hybridized carbons (Fsp3) is 0.400. The van der Waals surface area contributed by atoms with Crippen molar-refractivity contribution in [3.05, 3.63) is 34.7 Å². The van der Waals surface area contributed by atoms with Gasteiger partial charge in [-0.15, -0.1) is 11.3 Å². The highest BCUT2D eigenvalue weighted by Crippen LogP contribution is 2.37. The molecule has 0 aromatic carbocycles. The number of amides is 1. The highest BCUT2D eigenvalue weighted by Gasteiger charge is 2.31. The van der Waals surface area contributed by atoms with Crippen molar-refractivity contribution >= 4 is 28.3 Å². The standard InChI is InChI=1S/C15H16N2O4S/c1-2-20-14(19)9-5-3-7-11-12(9)16-15(22-11)17-13(18)10-6-4-8-21-10/h4,6,8-9H,2-3,5,7H2,1H3,(H,16,17,18). The molecule has 2 aromatic rings. The number of aryl methyl sites for hydroxylation is 1. The van der Waals surface area contributed by atoms with Crippen LogP contribution in [0.25, 0.3) is 0 Å². The van der Waals surface area contributed by atoms with Crippen LogP contribution in [0.2, 0.25) is 0 Å². The predicted octanol–water partition coefficient (Wildman–Crippen LogP) is 2.97. The van der Waals surface area contributed by atoms with Crippen molar-refractivity contribution in [1.29, 1.82) is 0 Å². The van der Waals surface area contributed by atoms with Gasteiger partial charge in [0.25, 0.3) is 5.91 Å². The number of ether oxygens (including phenoxy) is 1. The molecule has 116 valence electrons. The number of hydrogen-bond donors (Lipinski definition) is 1. The zero-order valence-electron chi connectivity index (χ0n) is 12.1. The lowest BCUT2D eigenvalue weighted by Gasteiger charge is -2.18. The summed E-state index contributed by atoms with van der Waals surface area (Å²) in [5.74, 6) is -0.675. The first-order chi connectivity index (χ1) is 10.7. The van der Waals surface area contributed by atoms with Crippen molar-refractivity contribution in [3.8, 4) is 0 Å². The highest BCUT2D eigenvalue weighted by molar-refractivity contribution is 7.15. The van der Waals surface area contributed by atoms with Gasteiger partial charge < -0.3 is 9.15 Å². The summed E-state index contributed by atoms with van der Waals surface area (Å²) in [5.41, 5.74) is 0.740. The van der Waals surface area contributed by atoms with Crippen LogP contribution in [-0.2, 0) is 16.0 Å². The number of furan rings is 1. The van der Waals surface area contributed by atoms with Crippen molar-refractivity contribution < 1.29 is 18.7 Å². The van der Waals surface area contributed by atoms with Gasteiger partial charge in [0, 0.05) is 4.88 Å². The van der Waals surface area contributed by atoms with Gasteiger partial charge >= 0.3 is 5.97 Å². The lowest BCUT2D eigenvalue weighted by atomic mass is 9.91. The Bertz CT molecular complexity index is 678. The number of carbonyl (C=O) groups is 2. The van der Waals surface area contributed by atoms with Crippen LogP contribution in [-0.4, -0.2) is 23.5 Å². The van der Waals surface area contributed by atoms with Gasteiger partial charge in [-0.2, -0.15) is 0 Å². The number of nitrogens with zero attached hydrogens (tertiary/aromatic N) is 1. The van der Waals surface area contributed by atoms with Crippen molar-refractivity contribution in [2.75, 3.05) is 11.9 Å². The van der Waals surface area contributed by atoms with Gasteiger partial charge in [-0.05, 0) is 38.3 Å². The minimum Gasteiger partial charge on any atom is -0.465 e. The van der Waals surface area contributed by atoms with Crippen LogP contribution in [0.1, 0.15) is 46.8 Å². The Morgan fingerprint density at radius 1 is 1.55 bits per heavy atom. The molecule has 1 atom stereocenters. The highest BCUT2D eigenvalue weighted by atomic mass is 32.1. The van der Waals surface area contributed by atoms with Gasteiger partial charge in [0.1, 0.15) is 5.92 Å². The van der Waals surface area contributed by atoms with Crippen LogP contribution in [0, 0.1) is 0 Å². The molecule has 1 amide bonds. The molecule has 1 N–H and O–H groups in total. The molecule has 6 nitrogen and oxygen atoms in total. The van der Waals surface area contributed by atoms with Crippen molar-refractivity contribution in [2.45, 2.75) is 32.1 Å². The fourth-order valence-electron chi connectivity index (χ4n) is 2.51. The van der Waals surface area contributed by atoms with E-state index in [2.05, 4.69) is 10.3 Å². The lowest BCUT2D eigenvalue weighted by molar-refractivity contribution is -0.145. The fourth-order valence-corrected chi connectivity index (χ4v) is 3.57. The minimum absolute atomic E-state index is 0.232. The Labute approximate surface area is 131 Å². The van der Waals surface area contributed by atoms with Crippen LogP contribution in [0.5, 0.6) is 0 Å². The lowest BCUT2D eigenvalue weighted by Crippen LogP contribution is -2.20. The molecular formula is C15H16N2O4S. The third kappa shape index (κ3) is 2.89. The molecule has 0 fully saturated rings. The zero-order valence-corrected chi connectivity index (χ0v) is 12.9. The number of rotatable bonds is 4. The average Bonchev–Trinajstić information content (AvgIpc) is 3.15. The Hall–Kier alpha value is -2.15. The minimum atomic E-state index is -0.344. The van der Waals surface area contributed by atoms with E-state index in [0.29, 0.717) is 11.7 Å². The second kappa shape index (κ2) is 6.31. The van der Waals surface area contributed by atoms with E-state index in [1.54, 1.807) is 19.1 Å². The number of nitrogens with one attached hydrogen (secondary N) is 1. The smallest absolute Gasteiger partial charge is 0.315 e. The largest absolute Gasteiger partial charge is 0.465 e. The van der Waals surface area contributed by atoms with Crippen molar-refractivity contribution in [2.24, 2.45) is 0 Å². The number of aromatic nitrogens is 1. The molecule has 1 unspecified atom stereocenters. The van der Waals surface area contributed by atoms with E-state index in [4.69, 9.17) is 9.15 Å². The monoisotopic (exact) mass is 320 g/mol. The van der Waals surface area contributed by atoms with E-state index in [9.17, 15) is 9.59 Å². The number of anilines is 1. The Balaban J connectivity index is 1.79. The van der Waals surface area contributed by atoms with E-state index in [1.165, 1.54) is 17.6 Å². The molecule has 0 saturated carbocycles. The topological polar surface area (TPSA) is 81.4 Å². The summed E-state index contributed by atoms with van der Waals surface area (Å²) in [5, 5.41) is 3.20. The second-order valence-electron chi connectivity index (χ2n) is 4.96. The summed E-state index contributed by atoms with van der Waals surface area (Å²) < 4.78 is 10.2. The van der Waals surface area contributed by atoms with E-state index in [1.807, 2.05) is 0 Å². The van der Waals surface area contributed by atoms with E-state index < -0.39 is 0 Å². The van der Waals surface area contributed by atoms with Crippen LogP contribution < -0.4 is 5.32 Å². The zero-order chi connectivity index (χ0) is 15.5. The molecule has 7 heteroatoms.